The summed E-state index contributed by atoms with van der Waals surface area (Å²) in [6.07, 6.45) is 0. The molecule has 0 radical (unpaired) electrons. The lowest BCUT2D eigenvalue weighted by molar-refractivity contribution is -0.131. The third-order valence-electron chi connectivity index (χ3n) is 2.69. The fraction of sp³-hybridized carbons (Fsp3) is 0.125. The molecule has 0 aliphatic heterocycles. The molecule has 0 bridgehead atoms. The number of esters is 1. The van der Waals surface area contributed by atoms with Crippen molar-refractivity contribution in [2.45, 2.75) is 6.92 Å². The molecule has 0 saturated heterocycles. The van der Waals surface area contributed by atoms with Gasteiger partial charge in [-0.15, -0.1) is 0 Å². The van der Waals surface area contributed by atoms with E-state index in [2.05, 4.69) is 0 Å². The second-order valence-corrected chi connectivity index (χ2v) is 4.18. The lowest BCUT2D eigenvalue weighted by Crippen LogP contribution is -2.04. The van der Waals surface area contributed by atoms with Crippen LogP contribution in [0.5, 0.6) is 11.5 Å². The molecule has 4 heteroatoms. The van der Waals surface area contributed by atoms with Crippen molar-refractivity contribution in [1.29, 1.82) is 0 Å². The minimum atomic E-state index is -0.420. The Morgan fingerprint density at radius 1 is 0.900 bits per heavy atom. The summed E-state index contributed by atoms with van der Waals surface area (Å²) in [6, 6.07) is 13.4. The van der Waals surface area contributed by atoms with E-state index < -0.39 is 5.97 Å². The van der Waals surface area contributed by atoms with E-state index in [1.165, 1.54) is 6.92 Å². The maximum Gasteiger partial charge on any atom is 0.308 e. The first-order valence-electron chi connectivity index (χ1n) is 6.07. The van der Waals surface area contributed by atoms with Crippen LogP contribution in [0.4, 0.5) is 0 Å². The van der Waals surface area contributed by atoms with E-state index >= 15 is 0 Å². The van der Waals surface area contributed by atoms with Crippen molar-refractivity contribution < 1.29 is 19.1 Å². The van der Waals surface area contributed by atoms with Gasteiger partial charge in [0.25, 0.3) is 0 Å². The summed E-state index contributed by atoms with van der Waals surface area (Å²) in [5.74, 6) is 0.395. The summed E-state index contributed by atoms with van der Waals surface area (Å²) < 4.78 is 10.1. The molecule has 2 aromatic rings. The zero-order valence-electron chi connectivity index (χ0n) is 11.3. The number of carbonyl (C=O) groups is 2. The quantitative estimate of drug-likeness (QED) is 0.487. The number of hydrogen-bond acceptors (Lipinski definition) is 4. The summed E-state index contributed by atoms with van der Waals surface area (Å²) in [7, 11) is 1.55. The Kier molecular flexibility index (Phi) is 4.15. The summed E-state index contributed by atoms with van der Waals surface area (Å²) >= 11 is 0. The largest absolute Gasteiger partial charge is 0.497 e. The Balaban J connectivity index is 2.30. The van der Waals surface area contributed by atoms with Gasteiger partial charge < -0.3 is 9.47 Å². The molecule has 2 rings (SSSR count). The topological polar surface area (TPSA) is 52.6 Å². The molecular weight excluding hydrogens is 256 g/mol. The zero-order valence-corrected chi connectivity index (χ0v) is 11.3. The molecule has 0 amide bonds. The van der Waals surface area contributed by atoms with Crippen molar-refractivity contribution >= 4 is 11.8 Å². The van der Waals surface area contributed by atoms with Gasteiger partial charge in [-0.25, -0.2) is 0 Å². The second-order valence-electron chi connectivity index (χ2n) is 4.18. The van der Waals surface area contributed by atoms with Gasteiger partial charge in [0.1, 0.15) is 11.5 Å². The highest BCUT2D eigenvalue weighted by Crippen LogP contribution is 2.19. The van der Waals surface area contributed by atoms with Gasteiger partial charge in [-0.1, -0.05) is 24.3 Å². The van der Waals surface area contributed by atoms with Crippen molar-refractivity contribution in [3.63, 3.8) is 0 Å². The number of rotatable bonds is 4. The Labute approximate surface area is 116 Å². The van der Waals surface area contributed by atoms with Crippen molar-refractivity contribution in [1.82, 2.24) is 0 Å². The lowest BCUT2D eigenvalue weighted by Gasteiger charge is -2.06. The molecule has 0 saturated carbocycles. The molecule has 102 valence electrons. The summed E-state index contributed by atoms with van der Waals surface area (Å²) in [4.78, 5) is 23.3. The molecule has 0 spiro atoms. The number of ketones is 1. The van der Waals surface area contributed by atoms with E-state index in [0.29, 0.717) is 22.6 Å². The van der Waals surface area contributed by atoms with Gasteiger partial charge in [-0.05, 0) is 24.3 Å². The highest BCUT2D eigenvalue weighted by molar-refractivity contribution is 6.09. The maximum absolute atomic E-state index is 12.4. The first-order chi connectivity index (χ1) is 9.60. The number of carbonyl (C=O) groups excluding carboxylic acids is 2. The Bertz CT molecular complexity index is 646. The van der Waals surface area contributed by atoms with Crippen LogP contribution in [0.3, 0.4) is 0 Å². The van der Waals surface area contributed by atoms with Crippen LogP contribution in [-0.2, 0) is 4.79 Å². The van der Waals surface area contributed by atoms with Crippen LogP contribution in [0.1, 0.15) is 22.8 Å². The number of ether oxygens (including phenoxy) is 2. The van der Waals surface area contributed by atoms with Crippen LogP contribution < -0.4 is 9.47 Å². The van der Waals surface area contributed by atoms with Gasteiger partial charge in [0.15, 0.2) is 5.78 Å². The highest BCUT2D eigenvalue weighted by atomic mass is 16.5. The van der Waals surface area contributed by atoms with Crippen LogP contribution in [0.15, 0.2) is 48.5 Å². The summed E-state index contributed by atoms with van der Waals surface area (Å²) in [5.41, 5.74) is 0.973. The van der Waals surface area contributed by atoms with E-state index in [-0.39, 0.29) is 5.78 Å². The van der Waals surface area contributed by atoms with E-state index in [9.17, 15) is 9.59 Å². The number of benzene rings is 2. The monoisotopic (exact) mass is 270 g/mol. The summed E-state index contributed by atoms with van der Waals surface area (Å²) in [5, 5.41) is 0. The smallest absolute Gasteiger partial charge is 0.308 e. The lowest BCUT2D eigenvalue weighted by atomic mass is 10.0. The first kappa shape index (κ1) is 13.8. The molecule has 0 aliphatic rings. The molecular formula is C16H14O4. The Hall–Kier alpha value is -2.62. The molecule has 0 heterocycles. The second kappa shape index (κ2) is 6.02. The van der Waals surface area contributed by atoms with Gasteiger partial charge in [0.05, 0.1) is 7.11 Å². The van der Waals surface area contributed by atoms with Crippen molar-refractivity contribution in [3.8, 4) is 11.5 Å². The predicted octanol–water partition coefficient (Wildman–Crippen LogP) is 2.85. The van der Waals surface area contributed by atoms with E-state index in [0.717, 1.165) is 0 Å². The molecule has 0 fully saturated rings. The Morgan fingerprint density at radius 2 is 1.45 bits per heavy atom. The zero-order chi connectivity index (χ0) is 14.5. The maximum atomic E-state index is 12.4. The fourth-order valence-corrected chi connectivity index (χ4v) is 1.80. The van der Waals surface area contributed by atoms with Gasteiger partial charge in [0.2, 0.25) is 0 Å². The average molecular weight is 270 g/mol. The molecule has 0 unspecified atom stereocenters. The van der Waals surface area contributed by atoms with Gasteiger partial charge >= 0.3 is 5.97 Å². The minimum absolute atomic E-state index is 0.155. The van der Waals surface area contributed by atoms with Gasteiger partial charge in [0, 0.05) is 18.1 Å². The average Bonchev–Trinajstić information content (AvgIpc) is 2.46. The van der Waals surface area contributed by atoms with Gasteiger partial charge in [-0.2, -0.15) is 0 Å². The molecule has 2 aromatic carbocycles. The first-order valence-corrected chi connectivity index (χ1v) is 6.07. The van der Waals surface area contributed by atoms with Crippen LogP contribution in [0, 0.1) is 0 Å². The van der Waals surface area contributed by atoms with Crippen LogP contribution in [0.2, 0.25) is 0 Å². The minimum Gasteiger partial charge on any atom is -0.497 e. The van der Waals surface area contributed by atoms with Gasteiger partial charge in [-0.3, -0.25) is 9.59 Å². The third kappa shape index (κ3) is 3.23. The Morgan fingerprint density at radius 3 is 2.00 bits per heavy atom. The van der Waals surface area contributed by atoms with Crippen molar-refractivity contribution in [2.75, 3.05) is 7.11 Å². The van der Waals surface area contributed by atoms with E-state index in [1.54, 1.807) is 55.6 Å². The van der Waals surface area contributed by atoms with Crippen molar-refractivity contribution in [2.24, 2.45) is 0 Å². The van der Waals surface area contributed by atoms with Crippen LogP contribution >= 0.6 is 0 Å². The van der Waals surface area contributed by atoms with E-state index in [1.807, 2.05) is 0 Å². The molecule has 20 heavy (non-hydrogen) atoms. The normalized spacial score (nSPS) is 9.90. The highest BCUT2D eigenvalue weighted by Gasteiger charge is 2.11. The van der Waals surface area contributed by atoms with Crippen LogP contribution in [0.25, 0.3) is 0 Å². The molecule has 0 aromatic heterocycles. The van der Waals surface area contributed by atoms with Crippen molar-refractivity contribution in [3.05, 3.63) is 59.7 Å². The molecule has 0 aliphatic carbocycles. The predicted molar refractivity (Wildman–Crippen MR) is 74.2 cm³/mol. The summed E-state index contributed by atoms with van der Waals surface area (Å²) in [6.45, 7) is 1.32. The molecule has 0 atom stereocenters. The molecule has 4 nitrogen and oxygen atoms in total. The van der Waals surface area contributed by atoms with Crippen LogP contribution in [-0.4, -0.2) is 18.9 Å². The number of methoxy groups -OCH3 is 1. The third-order valence-corrected chi connectivity index (χ3v) is 2.69. The SMILES string of the molecule is COc1cccc(C(=O)c2cccc(OC(C)=O)c2)c1. The molecule has 0 N–H and O–H groups in total. The number of hydrogen-bond donors (Lipinski definition) is 0. The fourth-order valence-electron chi connectivity index (χ4n) is 1.80. The standard InChI is InChI=1S/C16H14O4/c1-11(17)20-15-8-4-6-13(10-15)16(18)12-5-3-7-14(9-12)19-2/h3-10H,1-2H3. The van der Waals surface area contributed by atoms with E-state index in [4.69, 9.17) is 9.47 Å².